The monoisotopic (exact) mass is 317 g/mol. The Morgan fingerprint density at radius 3 is 2.22 bits per heavy atom. The number of rotatable bonds is 4. The number of hydrogen-bond acceptors (Lipinski definition) is 5. The SMILES string of the molecule is O=C1C(=O)N(C2CCCC2)C(=O)N1Cc1ccc([N+](=O)[O-])cc1. The standard InChI is InChI=1S/C15H15N3O5/c19-13-14(20)17(11-3-1-2-4-11)15(21)16(13)9-10-5-7-12(8-6-10)18(22)23/h5-8,11H,1-4,9H2. The number of carbonyl (C=O) groups excluding carboxylic acids is 3. The van der Waals surface area contributed by atoms with Gasteiger partial charge in [0.15, 0.2) is 0 Å². The van der Waals surface area contributed by atoms with E-state index in [1.807, 2.05) is 0 Å². The van der Waals surface area contributed by atoms with Crippen LogP contribution in [-0.4, -0.2) is 38.6 Å². The summed E-state index contributed by atoms with van der Waals surface area (Å²) in [4.78, 5) is 48.6. The first-order valence-corrected chi connectivity index (χ1v) is 7.41. The molecule has 4 amide bonds. The highest BCUT2D eigenvalue weighted by atomic mass is 16.6. The number of urea groups is 1. The van der Waals surface area contributed by atoms with E-state index in [2.05, 4.69) is 0 Å². The van der Waals surface area contributed by atoms with Crippen LogP contribution in [-0.2, 0) is 16.1 Å². The molecular formula is C15H15N3O5. The van der Waals surface area contributed by atoms with Crippen molar-refractivity contribution in [2.75, 3.05) is 0 Å². The highest BCUT2D eigenvalue weighted by molar-refractivity contribution is 6.44. The number of benzene rings is 1. The number of imide groups is 2. The minimum absolute atomic E-state index is 0.0649. The van der Waals surface area contributed by atoms with Gasteiger partial charge < -0.3 is 0 Å². The van der Waals surface area contributed by atoms with Gasteiger partial charge in [-0.3, -0.25) is 29.5 Å². The van der Waals surface area contributed by atoms with Crippen molar-refractivity contribution in [3.8, 4) is 0 Å². The van der Waals surface area contributed by atoms with E-state index in [-0.39, 0.29) is 18.3 Å². The fraction of sp³-hybridized carbons (Fsp3) is 0.400. The van der Waals surface area contributed by atoms with Gasteiger partial charge in [-0.2, -0.15) is 0 Å². The normalized spacial score (nSPS) is 19.0. The number of non-ortho nitro benzene ring substituents is 1. The summed E-state index contributed by atoms with van der Waals surface area (Å²) in [5, 5.41) is 10.6. The molecule has 1 aliphatic heterocycles. The third-order valence-corrected chi connectivity index (χ3v) is 4.26. The van der Waals surface area contributed by atoms with E-state index in [0.717, 1.165) is 35.5 Å². The summed E-state index contributed by atoms with van der Waals surface area (Å²) in [6.45, 7) is -0.0649. The molecule has 0 radical (unpaired) electrons. The molecule has 1 aromatic rings. The molecule has 1 saturated heterocycles. The third-order valence-electron chi connectivity index (χ3n) is 4.26. The molecule has 0 N–H and O–H groups in total. The molecule has 0 unspecified atom stereocenters. The lowest BCUT2D eigenvalue weighted by Gasteiger charge is -2.21. The zero-order valence-corrected chi connectivity index (χ0v) is 12.3. The van der Waals surface area contributed by atoms with Gasteiger partial charge >= 0.3 is 17.8 Å². The van der Waals surface area contributed by atoms with Gasteiger partial charge in [0, 0.05) is 18.2 Å². The summed E-state index contributed by atoms with van der Waals surface area (Å²) in [6.07, 6.45) is 3.35. The van der Waals surface area contributed by atoms with Crippen LogP contribution < -0.4 is 0 Å². The van der Waals surface area contributed by atoms with Crippen molar-refractivity contribution < 1.29 is 19.3 Å². The number of amides is 4. The van der Waals surface area contributed by atoms with Crippen molar-refractivity contribution in [2.24, 2.45) is 0 Å². The van der Waals surface area contributed by atoms with Crippen LogP contribution in [0.4, 0.5) is 10.5 Å². The van der Waals surface area contributed by atoms with Gasteiger partial charge in [-0.05, 0) is 18.4 Å². The average Bonchev–Trinajstić information content (AvgIpc) is 3.12. The van der Waals surface area contributed by atoms with E-state index >= 15 is 0 Å². The van der Waals surface area contributed by atoms with Crippen LogP contribution in [0.2, 0.25) is 0 Å². The molecule has 1 aromatic carbocycles. The highest BCUT2D eigenvalue weighted by Crippen LogP contribution is 2.28. The summed E-state index contributed by atoms with van der Waals surface area (Å²) in [5.41, 5.74) is 0.481. The van der Waals surface area contributed by atoms with E-state index in [4.69, 9.17) is 0 Å². The Balaban J connectivity index is 1.77. The molecule has 8 nitrogen and oxygen atoms in total. The van der Waals surface area contributed by atoms with Crippen molar-refractivity contribution in [3.05, 3.63) is 39.9 Å². The Hall–Kier alpha value is -2.77. The van der Waals surface area contributed by atoms with Gasteiger partial charge in [-0.15, -0.1) is 0 Å². The maximum atomic E-state index is 12.4. The molecule has 0 bridgehead atoms. The van der Waals surface area contributed by atoms with Crippen molar-refractivity contribution in [1.29, 1.82) is 0 Å². The van der Waals surface area contributed by atoms with Crippen LogP contribution in [0.3, 0.4) is 0 Å². The smallest absolute Gasteiger partial charge is 0.263 e. The first-order valence-electron chi connectivity index (χ1n) is 7.41. The summed E-state index contributed by atoms with van der Waals surface area (Å²) < 4.78 is 0. The molecule has 1 aliphatic carbocycles. The quantitative estimate of drug-likeness (QED) is 0.365. The maximum absolute atomic E-state index is 12.4. The molecule has 120 valence electrons. The lowest BCUT2D eigenvalue weighted by atomic mass is 10.2. The fourth-order valence-corrected chi connectivity index (χ4v) is 3.05. The average molecular weight is 317 g/mol. The van der Waals surface area contributed by atoms with E-state index in [1.54, 1.807) is 0 Å². The Labute approximate surface area is 131 Å². The fourth-order valence-electron chi connectivity index (χ4n) is 3.05. The number of nitrogens with zero attached hydrogens (tertiary/aromatic N) is 3. The van der Waals surface area contributed by atoms with Gasteiger partial charge in [0.1, 0.15) is 0 Å². The molecule has 0 atom stereocenters. The van der Waals surface area contributed by atoms with E-state index in [9.17, 15) is 24.5 Å². The molecule has 0 aromatic heterocycles. The number of nitro benzene ring substituents is 1. The second-order valence-electron chi connectivity index (χ2n) is 5.71. The van der Waals surface area contributed by atoms with Crippen molar-refractivity contribution in [2.45, 2.75) is 38.3 Å². The molecule has 0 spiro atoms. The van der Waals surface area contributed by atoms with Crippen molar-refractivity contribution in [3.63, 3.8) is 0 Å². The molecule has 8 heteroatoms. The van der Waals surface area contributed by atoms with Crippen LogP contribution in [0.5, 0.6) is 0 Å². The third kappa shape index (κ3) is 2.67. The largest absolute Gasteiger partial charge is 0.334 e. The summed E-state index contributed by atoms with van der Waals surface area (Å²) in [7, 11) is 0. The van der Waals surface area contributed by atoms with E-state index in [1.165, 1.54) is 24.3 Å². The van der Waals surface area contributed by atoms with Crippen molar-refractivity contribution >= 4 is 23.5 Å². The first-order chi connectivity index (χ1) is 11.0. The van der Waals surface area contributed by atoms with Gasteiger partial charge in [-0.25, -0.2) is 4.79 Å². The Kier molecular flexibility index (Phi) is 3.81. The number of hydrogen-bond donors (Lipinski definition) is 0. The van der Waals surface area contributed by atoms with Crippen LogP contribution >= 0.6 is 0 Å². The number of carbonyl (C=O) groups is 3. The predicted octanol–water partition coefficient (Wildman–Crippen LogP) is 1.83. The van der Waals surface area contributed by atoms with Crippen LogP contribution in [0.25, 0.3) is 0 Å². The summed E-state index contributed by atoms with van der Waals surface area (Å²) >= 11 is 0. The molecular weight excluding hydrogens is 302 g/mol. The highest BCUT2D eigenvalue weighted by Gasteiger charge is 2.47. The molecule has 23 heavy (non-hydrogen) atoms. The van der Waals surface area contributed by atoms with Crippen LogP contribution in [0.15, 0.2) is 24.3 Å². The second-order valence-corrected chi connectivity index (χ2v) is 5.71. The Bertz CT molecular complexity index is 679. The Morgan fingerprint density at radius 1 is 1.04 bits per heavy atom. The maximum Gasteiger partial charge on any atom is 0.334 e. The number of nitro groups is 1. The predicted molar refractivity (Wildman–Crippen MR) is 78.1 cm³/mol. The Morgan fingerprint density at radius 2 is 1.65 bits per heavy atom. The molecule has 3 rings (SSSR count). The zero-order chi connectivity index (χ0) is 16.6. The van der Waals surface area contributed by atoms with Crippen LogP contribution in [0, 0.1) is 10.1 Å². The minimum Gasteiger partial charge on any atom is -0.263 e. The van der Waals surface area contributed by atoms with Crippen molar-refractivity contribution in [1.82, 2.24) is 9.80 Å². The van der Waals surface area contributed by atoms with Crippen LogP contribution in [0.1, 0.15) is 31.2 Å². The summed E-state index contributed by atoms with van der Waals surface area (Å²) in [6, 6.07) is 4.77. The topological polar surface area (TPSA) is 101 Å². The molecule has 2 fully saturated rings. The van der Waals surface area contributed by atoms with Gasteiger partial charge in [0.05, 0.1) is 11.5 Å². The molecule has 1 saturated carbocycles. The van der Waals surface area contributed by atoms with Gasteiger partial charge in [0.2, 0.25) is 0 Å². The van der Waals surface area contributed by atoms with E-state index < -0.39 is 22.8 Å². The summed E-state index contributed by atoms with van der Waals surface area (Å²) in [5.74, 6) is -1.61. The van der Waals surface area contributed by atoms with Gasteiger partial charge in [-0.1, -0.05) is 25.0 Å². The molecule has 2 aliphatic rings. The lowest BCUT2D eigenvalue weighted by Crippen LogP contribution is -2.39. The minimum atomic E-state index is -0.833. The van der Waals surface area contributed by atoms with E-state index in [0.29, 0.717) is 5.56 Å². The van der Waals surface area contributed by atoms with Gasteiger partial charge in [0.25, 0.3) is 5.69 Å². The first kappa shape index (κ1) is 15.1. The molecule has 1 heterocycles. The second kappa shape index (κ2) is 5.79. The lowest BCUT2D eigenvalue weighted by molar-refractivity contribution is -0.384. The zero-order valence-electron chi connectivity index (χ0n) is 12.3.